The van der Waals surface area contributed by atoms with Gasteiger partial charge in [-0.3, -0.25) is 9.59 Å². The summed E-state index contributed by atoms with van der Waals surface area (Å²) in [5, 5.41) is 5.53. The van der Waals surface area contributed by atoms with E-state index in [-0.39, 0.29) is 17.1 Å². The van der Waals surface area contributed by atoms with Gasteiger partial charge in [0, 0.05) is 21.8 Å². The van der Waals surface area contributed by atoms with E-state index >= 15 is 0 Å². The van der Waals surface area contributed by atoms with Crippen molar-refractivity contribution in [2.45, 2.75) is 24.0 Å². The molecule has 0 heterocycles. The van der Waals surface area contributed by atoms with Crippen molar-refractivity contribution < 1.29 is 14.3 Å². The predicted molar refractivity (Wildman–Crippen MR) is 142 cm³/mol. The zero-order valence-corrected chi connectivity index (χ0v) is 20.3. The summed E-state index contributed by atoms with van der Waals surface area (Å²) < 4.78 is 5.79. The van der Waals surface area contributed by atoms with Crippen molar-refractivity contribution in [3.8, 4) is 11.5 Å². The molecule has 35 heavy (non-hydrogen) atoms. The average molecular weight is 483 g/mol. The van der Waals surface area contributed by atoms with Crippen LogP contribution in [0.2, 0.25) is 0 Å². The van der Waals surface area contributed by atoms with E-state index in [1.165, 1.54) is 11.8 Å². The highest BCUT2D eigenvalue weighted by Crippen LogP contribution is 2.28. The van der Waals surface area contributed by atoms with E-state index < -0.39 is 0 Å². The lowest BCUT2D eigenvalue weighted by atomic mass is 10.1. The summed E-state index contributed by atoms with van der Waals surface area (Å²) in [7, 11) is 0. The molecule has 0 aliphatic rings. The fraction of sp³-hybridized carbons (Fsp3) is 0.103. The molecule has 0 aliphatic heterocycles. The molecule has 4 aromatic rings. The molecule has 6 heteroatoms. The fourth-order valence-corrected chi connectivity index (χ4v) is 4.30. The second kappa shape index (κ2) is 11.4. The smallest absolute Gasteiger partial charge is 0.255 e. The Hall–Kier alpha value is -4.03. The quantitative estimate of drug-likeness (QED) is 0.262. The molecule has 2 N–H and O–H groups in total. The molecule has 0 saturated heterocycles. The van der Waals surface area contributed by atoms with Gasteiger partial charge in [0.05, 0.1) is 5.25 Å². The lowest BCUT2D eigenvalue weighted by molar-refractivity contribution is -0.115. The van der Waals surface area contributed by atoms with Crippen LogP contribution in [0.1, 0.15) is 22.8 Å². The van der Waals surface area contributed by atoms with Crippen molar-refractivity contribution in [1.82, 2.24) is 0 Å². The fourth-order valence-electron chi connectivity index (χ4n) is 3.37. The molecule has 0 aromatic heterocycles. The number of carbonyl (C=O) groups excluding carboxylic acids is 2. The van der Waals surface area contributed by atoms with Gasteiger partial charge >= 0.3 is 0 Å². The Balaban J connectivity index is 1.32. The standard InChI is InChI=1S/C29H26N2O3S/c1-20-8-6-9-22(18-20)29(33)31-24-10-7-13-27(19-24)35-21(2)28(32)30-23-14-16-26(17-15-23)34-25-11-4-3-5-12-25/h3-19,21H,1-2H3,(H,30,32)(H,31,33). The van der Waals surface area contributed by atoms with Gasteiger partial charge in [-0.25, -0.2) is 0 Å². The van der Waals surface area contributed by atoms with Crippen LogP contribution in [0.15, 0.2) is 108 Å². The maximum absolute atomic E-state index is 12.7. The average Bonchev–Trinajstić information content (AvgIpc) is 2.86. The number of nitrogens with one attached hydrogen (secondary N) is 2. The van der Waals surface area contributed by atoms with E-state index in [9.17, 15) is 9.59 Å². The van der Waals surface area contributed by atoms with Gasteiger partial charge in [0.2, 0.25) is 5.91 Å². The molecule has 5 nitrogen and oxygen atoms in total. The monoisotopic (exact) mass is 482 g/mol. The molecule has 1 atom stereocenters. The molecule has 4 rings (SSSR count). The number of thioether (sulfide) groups is 1. The van der Waals surface area contributed by atoms with Crippen molar-refractivity contribution in [2.75, 3.05) is 10.6 Å². The Kier molecular flexibility index (Phi) is 7.85. The third kappa shape index (κ3) is 6.98. The van der Waals surface area contributed by atoms with Crippen LogP contribution in [0.3, 0.4) is 0 Å². The first-order valence-electron chi connectivity index (χ1n) is 11.2. The van der Waals surface area contributed by atoms with E-state index in [0.717, 1.165) is 16.2 Å². The van der Waals surface area contributed by atoms with E-state index in [2.05, 4.69) is 10.6 Å². The second-order valence-corrected chi connectivity index (χ2v) is 9.45. The lowest BCUT2D eigenvalue weighted by Gasteiger charge is -2.13. The Bertz CT molecular complexity index is 1310. The van der Waals surface area contributed by atoms with Gasteiger partial charge in [-0.2, -0.15) is 0 Å². The molecule has 0 radical (unpaired) electrons. The van der Waals surface area contributed by atoms with E-state index in [0.29, 0.717) is 22.7 Å². The molecular formula is C29H26N2O3S. The van der Waals surface area contributed by atoms with Crippen molar-refractivity contribution in [2.24, 2.45) is 0 Å². The van der Waals surface area contributed by atoms with E-state index in [1.807, 2.05) is 111 Å². The van der Waals surface area contributed by atoms with Gasteiger partial charge in [0.15, 0.2) is 0 Å². The van der Waals surface area contributed by atoms with Gasteiger partial charge in [-0.05, 0) is 80.6 Å². The number of rotatable bonds is 8. The SMILES string of the molecule is Cc1cccc(C(=O)Nc2cccc(SC(C)C(=O)Nc3ccc(Oc4ccccc4)cc3)c2)c1. The topological polar surface area (TPSA) is 67.4 Å². The molecule has 1 unspecified atom stereocenters. The summed E-state index contributed by atoms with van der Waals surface area (Å²) in [6.45, 7) is 3.80. The highest BCUT2D eigenvalue weighted by atomic mass is 32.2. The van der Waals surface area contributed by atoms with Gasteiger partial charge in [-0.15, -0.1) is 11.8 Å². The van der Waals surface area contributed by atoms with E-state index in [4.69, 9.17) is 4.74 Å². The molecule has 4 aromatic carbocycles. The molecule has 176 valence electrons. The third-order valence-corrected chi connectivity index (χ3v) is 6.25. The van der Waals surface area contributed by atoms with Crippen molar-refractivity contribution >= 4 is 35.0 Å². The third-order valence-electron chi connectivity index (χ3n) is 5.16. The summed E-state index contributed by atoms with van der Waals surface area (Å²) in [4.78, 5) is 26.2. The predicted octanol–water partition coefficient (Wildman–Crippen LogP) is 7.16. The van der Waals surface area contributed by atoms with E-state index in [1.54, 1.807) is 6.07 Å². The van der Waals surface area contributed by atoms with Crippen LogP contribution in [0.25, 0.3) is 0 Å². The molecule has 0 spiro atoms. The van der Waals surface area contributed by atoms with Crippen molar-refractivity contribution in [1.29, 1.82) is 0 Å². The Labute approximate surface area is 209 Å². The number of carbonyl (C=O) groups is 2. The zero-order valence-electron chi connectivity index (χ0n) is 19.5. The molecule has 0 bridgehead atoms. The number of hydrogen-bond acceptors (Lipinski definition) is 4. The van der Waals surface area contributed by atoms with Gasteiger partial charge in [-0.1, -0.05) is 42.0 Å². The van der Waals surface area contributed by atoms with Crippen molar-refractivity contribution in [3.05, 3.63) is 114 Å². The number of para-hydroxylation sites is 1. The van der Waals surface area contributed by atoms with Crippen LogP contribution in [-0.4, -0.2) is 17.1 Å². The van der Waals surface area contributed by atoms with Crippen LogP contribution < -0.4 is 15.4 Å². The van der Waals surface area contributed by atoms with Crippen LogP contribution in [-0.2, 0) is 4.79 Å². The highest BCUT2D eigenvalue weighted by Gasteiger charge is 2.15. The minimum Gasteiger partial charge on any atom is -0.457 e. The maximum atomic E-state index is 12.7. The molecule has 2 amide bonds. The van der Waals surface area contributed by atoms with Gasteiger partial charge < -0.3 is 15.4 Å². The maximum Gasteiger partial charge on any atom is 0.255 e. The first-order valence-corrected chi connectivity index (χ1v) is 12.1. The number of hydrogen-bond donors (Lipinski definition) is 2. The van der Waals surface area contributed by atoms with Crippen molar-refractivity contribution in [3.63, 3.8) is 0 Å². The summed E-state index contributed by atoms with van der Waals surface area (Å²) in [6.07, 6.45) is 0. The largest absolute Gasteiger partial charge is 0.457 e. The molecule has 0 aliphatic carbocycles. The Morgan fingerprint density at radius 2 is 1.46 bits per heavy atom. The normalized spacial score (nSPS) is 11.4. The lowest BCUT2D eigenvalue weighted by Crippen LogP contribution is -2.22. The molecule has 0 fully saturated rings. The first-order chi connectivity index (χ1) is 17.0. The van der Waals surface area contributed by atoms with Crippen LogP contribution >= 0.6 is 11.8 Å². The van der Waals surface area contributed by atoms with Crippen LogP contribution in [0.4, 0.5) is 11.4 Å². The molecular weight excluding hydrogens is 456 g/mol. The first kappa shape index (κ1) is 24.1. The number of aryl methyl sites for hydroxylation is 1. The van der Waals surface area contributed by atoms with Gasteiger partial charge in [0.25, 0.3) is 5.91 Å². The van der Waals surface area contributed by atoms with Crippen LogP contribution in [0, 0.1) is 6.92 Å². The Morgan fingerprint density at radius 1 is 0.743 bits per heavy atom. The van der Waals surface area contributed by atoms with Crippen LogP contribution in [0.5, 0.6) is 11.5 Å². The second-order valence-electron chi connectivity index (χ2n) is 8.04. The minimum atomic E-state index is -0.335. The summed E-state index contributed by atoms with van der Waals surface area (Å²) >= 11 is 1.43. The number of amides is 2. The number of anilines is 2. The summed E-state index contributed by atoms with van der Waals surface area (Å²) in [5.41, 5.74) is 3.02. The minimum absolute atomic E-state index is 0.110. The van der Waals surface area contributed by atoms with Gasteiger partial charge in [0.1, 0.15) is 11.5 Å². The summed E-state index contributed by atoms with van der Waals surface area (Å²) in [6, 6.07) is 31.7. The summed E-state index contributed by atoms with van der Waals surface area (Å²) in [5.74, 6) is 1.18. The highest BCUT2D eigenvalue weighted by molar-refractivity contribution is 8.00. The Morgan fingerprint density at radius 3 is 2.20 bits per heavy atom. The zero-order chi connectivity index (χ0) is 24.6. The molecule has 0 saturated carbocycles. The number of ether oxygens (including phenoxy) is 1. The number of benzene rings is 4.